The first-order chi connectivity index (χ1) is 12.3. The Morgan fingerprint density at radius 2 is 1.88 bits per heavy atom. The molecule has 0 aliphatic heterocycles. The molecule has 0 radical (unpaired) electrons. The van der Waals surface area contributed by atoms with Gasteiger partial charge in [0.2, 0.25) is 5.91 Å². The Kier molecular flexibility index (Phi) is 6.57. The maximum atomic E-state index is 13.6. The first-order valence-corrected chi connectivity index (χ1v) is 8.05. The third-order valence-electron chi connectivity index (χ3n) is 3.40. The lowest BCUT2D eigenvalue weighted by Gasteiger charge is -2.21. The molecular formula is C17H15ClF3N3O2. The van der Waals surface area contributed by atoms with Crippen LogP contribution in [0.25, 0.3) is 0 Å². The van der Waals surface area contributed by atoms with Gasteiger partial charge in [0.05, 0.1) is 11.3 Å². The van der Waals surface area contributed by atoms with Crippen molar-refractivity contribution in [3.8, 4) is 0 Å². The van der Waals surface area contributed by atoms with E-state index in [1.54, 1.807) is 0 Å². The molecule has 26 heavy (non-hydrogen) atoms. The monoisotopic (exact) mass is 385 g/mol. The van der Waals surface area contributed by atoms with E-state index in [0.29, 0.717) is 12.5 Å². The summed E-state index contributed by atoms with van der Waals surface area (Å²) in [4.78, 5) is 29.6. The minimum Gasteiger partial charge on any atom is -0.329 e. The minimum atomic E-state index is -1.68. The summed E-state index contributed by atoms with van der Waals surface area (Å²) in [5.41, 5.74) is -0.277. The first kappa shape index (κ1) is 19.7. The van der Waals surface area contributed by atoms with E-state index in [4.69, 9.17) is 11.6 Å². The summed E-state index contributed by atoms with van der Waals surface area (Å²) < 4.78 is 39.8. The molecule has 2 amide bonds. The van der Waals surface area contributed by atoms with Crippen molar-refractivity contribution in [3.05, 3.63) is 58.6 Å². The third-order valence-corrected chi connectivity index (χ3v) is 3.62. The predicted molar refractivity (Wildman–Crippen MR) is 90.4 cm³/mol. The molecule has 0 aliphatic rings. The Bertz CT molecular complexity index is 816. The van der Waals surface area contributed by atoms with E-state index in [1.165, 1.54) is 23.2 Å². The van der Waals surface area contributed by atoms with Crippen LogP contribution in [0.5, 0.6) is 0 Å². The fourth-order valence-electron chi connectivity index (χ4n) is 2.19. The van der Waals surface area contributed by atoms with Crippen LogP contribution in [0.15, 0.2) is 30.5 Å². The van der Waals surface area contributed by atoms with Crippen molar-refractivity contribution in [2.24, 2.45) is 0 Å². The Morgan fingerprint density at radius 1 is 1.15 bits per heavy atom. The molecule has 0 bridgehead atoms. The van der Waals surface area contributed by atoms with Gasteiger partial charge in [0.25, 0.3) is 5.91 Å². The van der Waals surface area contributed by atoms with Crippen molar-refractivity contribution in [3.63, 3.8) is 0 Å². The first-order valence-electron chi connectivity index (χ1n) is 7.67. The second-order valence-corrected chi connectivity index (χ2v) is 5.75. The maximum Gasteiger partial charge on any atom is 0.255 e. The number of hydrogen-bond donors (Lipinski definition) is 1. The molecule has 0 saturated carbocycles. The van der Waals surface area contributed by atoms with E-state index in [1.807, 2.05) is 6.92 Å². The van der Waals surface area contributed by atoms with Gasteiger partial charge >= 0.3 is 0 Å². The number of halogens is 4. The number of aromatic nitrogens is 1. The van der Waals surface area contributed by atoms with Crippen LogP contribution in [0.2, 0.25) is 5.15 Å². The van der Waals surface area contributed by atoms with Crippen molar-refractivity contribution in [2.75, 3.05) is 18.4 Å². The number of carbonyl (C=O) groups excluding carboxylic acids is 2. The van der Waals surface area contributed by atoms with Crippen LogP contribution in [0.3, 0.4) is 0 Å². The van der Waals surface area contributed by atoms with Gasteiger partial charge in [0.15, 0.2) is 17.5 Å². The van der Waals surface area contributed by atoms with Crippen molar-refractivity contribution < 1.29 is 22.8 Å². The standard InChI is InChI=1S/C17H15ClF3N3O2/c1-2-7-24(17(26)10-3-6-13(18)22-8-10)9-14(25)23-12-5-4-11(19)15(20)16(12)21/h3-6,8H,2,7,9H2,1H3,(H,23,25). The van der Waals surface area contributed by atoms with Gasteiger partial charge in [-0.2, -0.15) is 0 Å². The number of pyridine rings is 1. The topological polar surface area (TPSA) is 62.3 Å². The lowest BCUT2D eigenvalue weighted by Crippen LogP contribution is -2.38. The number of rotatable bonds is 6. The van der Waals surface area contributed by atoms with Gasteiger partial charge in [0.1, 0.15) is 11.7 Å². The number of hydrogen-bond acceptors (Lipinski definition) is 3. The van der Waals surface area contributed by atoms with Gasteiger partial charge in [-0.15, -0.1) is 0 Å². The van der Waals surface area contributed by atoms with Crippen molar-refractivity contribution in [2.45, 2.75) is 13.3 Å². The Balaban J connectivity index is 2.11. The Morgan fingerprint density at radius 3 is 2.50 bits per heavy atom. The van der Waals surface area contributed by atoms with E-state index >= 15 is 0 Å². The fraction of sp³-hybridized carbons (Fsp3) is 0.235. The molecule has 0 fully saturated rings. The van der Waals surface area contributed by atoms with Crippen molar-refractivity contribution in [1.82, 2.24) is 9.88 Å². The second-order valence-electron chi connectivity index (χ2n) is 5.37. The SMILES string of the molecule is CCCN(CC(=O)Nc1ccc(F)c(F)c1F)C(=O)c1ccc(Cl)nc1. The Hall–Kier alpha value is -2.61. The molecule has 0 atom stereocenters. The molecule has 1 N–H and O–H groups in total. The van der Waals surface area contributed by atoms with Crippen LogP contribution in [0.1, 0.15) is 23.7 Å². The van der Waals surface area contributed by atoms with E-state index < -0.39 is 41.5 Å². The van der Waals surface area contributed by atoms with Crippen LogP contribution in [0, 0.1) is 17.5 Å². The average molecular weight is 386 g/mol. The highest BCUT2D eigenvalue weighted by molar-refractivity contribution is 6.29. The predicted octanol–water partition coefficient (Wildman–Crippen LogP) is 3.64. The largest absolute Gasteiger partial charge is 0.329 e. The van der Waals surface area contributed by atoms with Crippen LogP contribution >= 0.6 is 11.6 Å². The van der Waals surface area contributed by atoms with E-state index in [0.717, 1.165) is 6.07 Å². The number of nitrogens with one attached hydrogen (secondary N) is 1. The summed E-state index contributed by atoms with van der Waals surface area (Å²) in [7, 11) is 0. The molecule has 1 aromatic carbocycles. The molecule has 0 saturated heterocycles. The molecular weight excluding hydrogens is 371 g/mol. The average Bonchev–Trinajstić information content (AvgIpc) is 2.62. The number of amides is 2. The van der Waals surface area contributed by atoms with Gasteiger partial charge in [-0.05, 0) is 30.7 Å². The van der Waals surface area contributed by atoms with Crippen molar-refractivity contribution in [1.29, 1.82) is 0 Å². The van der Waals surface area contributed by atoms with Crippen LogP contribution < -0.4 is 5.32 Å². The fourth-order valence-corrected chi connectivity index (χ4v) is 2.30. The summed E-state index contributed by atoms with van der Waals surface area (Å²) in [6.45, 7) is 1.68. The number of benzene rings is 1. The zero-order chi connectivity index (χ0) is 19.3. The van der Waals surface area contributed by atoms with Gasteiger partial charge in [-0.25, -0.2) is 18.2 Å². The normalized spacial score (nSPS) is 10.5. The molecule has 0 unspecified atom stereocenters. The van der Waals surface area contributed by atoms with E-state index in [9.17, 15) is 22.8 Å². The van der Waals surface area contributed by atoms with Gasteiger partial charge in [0, 0.05) is 12.7 Å². The molecule has 0 aliphatic carbocycles. The smallest absolute Gasteiger partial charge is 0.255 e. The summed E-state index contributed by atoms with van der Waals surface area (Å²) in [6, 6.07) is 4.51. The number of nitrogens with zero attached hydrogens (tertiary/aromatic N) is 2. The molecule has 138 valence electrons. The van der Waals surface area contributed by atoms with Crippen molar-refractivity contribution >= 4 is 29.1 Å². The summed E-state index contributed by atoms with van der Waals surface area (Å²) in [5, 5.41) is 2.35. The molecule has 2 rings (SSSR count). The second kappa shape index (κ2) is 8.66. The highest BCUT2D eigenvalue weighted by Crippen LogP contribution is 2.19. The van der Waals surface area contributed by atoms with E-state index in [2.05, 4.69) is 10.3 Å². The molecule has 1 aromatic heterocycles. The van der Waals surface area contributed by atoms with Gasteiger partial charge < -0.3 is 10.2 Å². The Labute approximate surface area is 152 Å². The molecule has 1 heterocycles. The number of carbonyl (C=O) groups is 2. The van der Waals surface area contributed by atoms with Crippen LogP contribution in [0.4, 0.5) is 18.9 Å². The summed E-state index contributed by atoms with van der Waals surface area (Å²) >= 11 is 5.68. The van der Waals surface area contributed by atoms with E-state index in [-0.39, 0.29) is 17.3 Å². The zero-order valence-corrected chi connectivity index (χ0v) is 14.5. The molecule has 5 nitrogen and oxygen atoms in total. The highest BCUT2D eigenvalue weighted by atomic mass is 35.5. The highest BCUT2D eigenvalue weighted by Gasteiger charge is 2.20. The quantitative estimate of drug-likeness (QED) is 0.610. The van der Waals surface area contributed by atoms with Crippen LogP contribution in [-0.2, 0) is 4.79 Å². The lowest BCUT2D eigenvalue weighted by atomic mass is 10.2. The zero-order valence-electron chi connectivity index (χ0n) is 13.7. The third kappa shape index (κ3) is 4.72. The lowest BCUT2D eigenvalue weighted by molar-refractivity contribution is -0.116. The summed E-state index contributed by atoms with van der Waals surface area (Å²) in [5.74, 6) is -5.76. The van der Waals surface area contributed by atoms with Gasteiger partial charge in [-0.3, -0.25) is 9.59 Å². The minimum absolute atomic E-state index is 0.218. The molecule has 0 spiro atoms. The van der Waals surface area contributed by atoms with Gasteiger partial charge in [-0.1, -0.05) is 18.5 Å². The molecule has 9 heteroatoms. The number of anilines is 1. The van der Waals surface area contributed by atoms with Crippen LogP contribution in [-0.4, -0.2) is 34.8 Å². The molecule has 2 aromatic rings. The maximum absolute atomic E-state index is 13.6. The summed E-state index contributed by atoms with van der Waals surface area (Å²) in [6.07, 6.45) is 1.85.